The molecule has 0 amide bonds. The SMILES string of the molecule is NNC(Cc1csc2ccccc12)c1ccc(Cl)cc1Br. The largest absolute Gasteiger partial charge is 0.271 e. The average molecular weight is 382 g/mol. The number of rotatable bonds is 4. The van der Waals surface area contributed by atoms with Gasteiger partial charge in [0.2, 0.25) is 0 Å². The van der Waals surface area contributed by atoms with E-state index in [-0.39, 0.29) is 6.04 Å². The van der Waals surface area contributed by atoms with Gasteiger partial charge in [0.1, 0.15) is 0 Å². The highest BCUT2D eigenvalue weighted by Gasteiger charge is 2.16. The Balaban J connectivity index is 1.94. The molecule has 1 atom stereocenters. The summed E-state index contributed by atoms with van der Waals surface area (Å²) in [6, 6.07) is 14.3. The molecule has 3 rings (SSSR count). The fraction of sp³-hybridized carbons (Fsp3) is 0.125. The van der Waals surface area contributed by atoms with Gasteiger partial charge in [-0.15, -0.1) is 11.3 Å². The summed E-state index contributed by atoms with van der Waals surface area (Å²) in [6.07, 6.45) is 0.834. The van der Waals surface area contributed by atoms with Crippen LogP contribution in [0.3, 0.4) is 0 Å². The van der Waals surface area contributed by atoms with Crippen molar-refractivity contribution in [3.63, 3.8) is 0 Å². The predicted molar refractivity (Wildman–Crippen MR) is 94.7 cm³/mol. The van der Waals surface area contributed by atoms with Crippen LogP contribution in [0.4, 0.5) is 0 Å². The van der Waals surface area contributed by atoms with Gasteiger partial charge in [-0.05, 0) is 46.5 Å². The molecule has 1 aromatic heterocycles. The van der Waals surface area contributed by atoms with E-state index in [1.165, 1.54) is 15.6 Å². The number of halogens is 2. The Kier molecular flexibility index (Phi) is 4.62. The summed E-state index contributed by atoms with van der Waals surface area (Å²) in [4.78, 5) is 0. The van der Waals surface area contributed by atoms with E-state index in [0.29, 0.717) is 5.02 Å². The van der Waals surface area contributed by atoms with Gasteiger partial charge < -0.3 is 0 Å². The van der Waals surface area contributed by atoms with Gasteiger partial charge in [0.15, 0.2) is 0 Å². The topological polar surface area (TPSA) is 38.0 Å². The summed E-state index contributed by atoms with van der Waals surface area (Å²) in [6.45, 7) is 0. The first kappa shape index (κ1) is 15.0. The van der Waals surface area contributed by atoms with E-state index in [4.69, 9.17) is 17.4 Å². The van der Waals surface area contributed by atoms with E-state index in [1.54, 1.807) is 11.3 Å². The number of hydrogen-bond acceptors (Lipinski definition) is 3. The van der Waals surface area contributed by atoms with Crippen LogP contribution in [0.2, 0.25) is 5.02 Å². The molecule has 0 saturated heterocycles. The van der Waals surface area contributed by atoms with Crippen molar-refractivity contribution in [2.75, 3.05) is 0 Å². The Morgan fingerprint density at radius 3 is 2.81 bits per heavy atom. The van der Waals surface area contributed by atoms with E-state index in [0.717, 1.165) is 16.5 Å². The summed E-state index contributed by atoms with van der Waals surface area (Å²) in [5.41, 5.74) is 5.33. The number of thiophene rings is 1. The monoisotopic (exact) mass is 380 g/mol. The quantitative estimate of drug-likeness (QED) is 0.489. The fourth-order valence-electron chi connectivity index (χ4n) is 2.45. The van der Waals surface area contributed by atoms with Crippen LogP contribution in [0.15, 0.2) is 52.3 Å². The van der Waals surface area contributed by atoms with Crippen LogP contribution in [0.1, 0.15) is 17.2 Å². The van der Waals surface area contributed by atoms with Gasteiger partial charge in [-0.2, -0.15) is 0 Å². The lowest BCUT2D eigenvalue weighted by Crippen LogP contribution is -2.29. The zero-order valence-electron chi connectivity index (χ0n) is 11.1. The highest BCUT2D eigenvalue weighted by Crippen LogP contribution is 2.32. The van der Waals surface area contributed by atoms with E-state index >= 15 is 0 Å². The molecule has 0 aliphatic heterocycles. The maximum absolute atomic E-state index is 6.01. The highest BCUT2D eigenvalue weighted by atomic mass is 79.9. The van der Waals surface area contributed by atoms with Gasteiger partial charge in [-0.3, -0.25) is 11.3 Å². The smallest absolute Gasteiger partial charge is 0.0511 e. The number of hydrazine groups is 1. The first-order valence-electron chi connectivity index (χ1n) is 6.55. The molecule has 0 saturated carbocycles. The van der Waals surface area contributed by atoms with Crippen LogP contribution >= 0.6 is 38.9 Å². The molecule has 1 unspecified atom stereocenters. The molecule has 0 aliphatic carbocycles. The zero-order chi connectivity index (χ0) is 14.8. The van der Waals surface area contributed by atoms with Crippen molar-refractivity contribution in [2.24, 2.45) is 5.84 Å². The van der Waals surface area contributed by atoms with Crippen LogP contribution in [-0.4, -0.2) is 0 Å². The molecule has 0 radical (unpaired) electrons. The van der Waals surface area contributed by atoms with Crippen molar-refractivity contribution < 1.29 is 0 Å². The molecular weight excluding hydrogens is 368 g/mol. The number of fused-ring (bicyclic) bond motifs is 1. The van der Waals surface area contributed by atoms with E-state index in [9.17, 15) is 0 Å². The third-order valence-electron chi connectivity index (χ3n) is 3.52. The van der Waals surface area contributed by atoms with Crippen molar-refractivity contribution in [3.8, 4) is 0 Å². The van der Waals surface area contributed by atoms with E-state index in [2.05, 4.69) is 51.0 Å². The molecule has 3 aromatic rings. The van der Waals surface area contributed by atoms with Crippen molar-refractivity contribution in [1.82, 2.24) is 5.43 Å². The minimum absolute atomic E-state index is 0.0367. The molecule has 3 N–H and O–H groups in total. The summed E-state index contributed by atoms with van der Waals surface area (Å²) < 4.78 is 2.27. The Labute approximate surface area is 141 Å². The highest BCUT2D eigenvalue weighted by molar-refractivity contribution is 9.10. The van der Waals surface area contributed by atoms with Crippen molar-refractivity contribution >= 4 is 49.0 Å². The van der Waals surface area contributed by atoms with Crippen LogP contribution in [-0.2, 0) is 6.42 Å². The van der Waals surface area contributed by atoms with Crippen molar-refractivity contribution in [1.29, 1.82) is 0 Å². The third-order valence-corrected chi connectivity index (χ3v) is 5.46. The molecule has 0 bridgehead atoms. The van der Waals surface area contributed by atoms with Gasteiger partial charge >= 0.3 is 0 Å². The van der Waals surface area contributed by atoms with Crippen LogP contribution in [0, 0.1) is 0 Å². The number of benzene rings is 2. The first-order valence-corrected chi connectivity index (χ1v) is 8.60. The molecule has 2 nitrogen and oxygen atoms in total. The molecule has 5 heteroatoms. The Morgan fingerprint density at radius 2 is 2.05 bits per heavy atom. The number of nitrogens with one attached hydrogen (secondary N) is 1. The van der Waals surface area contributed by atoms with Crippen LogP contribution in [0.25, 0.3) is 10.1 Å². The van der Waals surface area contributed by atoms with E-state index in [1.807, 2.05) is 18.2 Å². The molecular formula is C16H14BrClN2S. The summed E-state index contributed by atoms with van der Waals surface area (Å²) in [5, 5.41) is 4.22. The van der Waals surface area contributed by atoms with Gasteiger partial charge in [0.25, 0.3) is 0 Å². The minimum Gasteiger partial charge on any atom is -0.271 e. The lowest BCUT2D eigenvalue weighted by Gasteiger charge is -2.18. The van der Waals surface area contributed by atoms with Crippen molar-refractivity contribution in [3.05, 3.63) is 68.5 Å². The Morgan fingerprint density at radius 1 is 1.24 bits per heavy atom. The Hall–Kier alpha value is -0.910. The first-order chi connectivity index (χ1) is 10.2. The molecule has 2 aromatic carbocycles. The minimum atomic E-state index is 0.0367. The molecule has 21 heavy (non-hydrogen) atoms. The average Bonchev–Trinajstić information content (AvgIpc) is 2.89. The zero-order valence-corrected chi connectivity index (χ0v) is 14.3. The molecule has 1 heterocycles. The lowest BCUT2D eigenvalue weighted by atomic mass is 9.99. The van der Waals surface area contributed by atoms with Crippen molar-refractivity contribution in [2.45, 2.75) is 12.5 Å². The van der Waals surface area contributed by atoms with Gasteiger partial charge in [-0.1, -0.05) is 51.8 Å². The summed E-state index contributed by atoms with van der Waals surface area (Å²) in [7, 11) is 0. The second-order valence-corrected chi connectivity index (χ2v) is 7.05. The van der Waals surface area contributed by atoms with Gasteiger partial charge in [0, 0.05) is 14.2 Å². The summed E-state index contributed by atoms with van der Waals surface area (Å²) >= 11 is 11.3. The molecule has 108 valence electrons. The predicted octanol–water partition coefficient (Wildman–Crippen LogP) is 5.06. The van der Waals surface area contributed by atoms with Crippen LogP contribution in [0.5, 0.6) is 0 Å². The Bertz CT molecular complexity index is 772. The maximum Gasteiger partial charge on any atom is 0.0511 e. The maximum atomic E-state index is 6.01. The third kappa shape index (κ3) is 3.15. The van der Waals surface area contributed by atoms with Gasteiger partial charge in [0.05, 0.1) is 6.04 Å². The second-order valence-electron chi connectivity index (χ2n) is 4.85. The van der Waals surface area contributed by atoms with E-state index < -0.39 is 0 Å². The normalized spacial score (nSPS) is 12.7. The number of hydrogen-bond donors (Lipinski definition) is 2. The van der Waals surface area contributed by atoms with Crippen LogP contribution < -0.4 is 11.3 Å². The standard InChI is InChI=1S/C16H14BrClN2S/c17-14-8-11(18)5-6-13(14)15(20-19)7-10-9-21-16-4-2-1-3-12(10)16/h1-6,8-9,15,20H,7,19H2. The van der Waals surface area contributed by atoms with Gasteiger partial charge in [-0.25, -0.2) is 0 Å². The second kappa shape index (κ2) is 6.46. The lowest BCUT2D eigenvalue weighted by molar-refractivity contribution is 0.552. The molecule has 0 aliphatic rings. The number of nitrogens with two attached hydrogens (primary N) is 1. The summed E-state index contributed by atoms with van der Waals surface area (Å²) in [5.74, 6) is 5.77. The molecule has 0 spiro atoms. The molecule has 0 fully saturated rings. The fourth-order valence-corrected chi connectivity index (χ4v) is 4.39.